The number of carbonyl (C=O) groups excluding carboxylic acids is 1. The molecule has 3 rings (SSSR count). The molecular formula is C19H18F2N2O3. The molecule has 1 atom stereocenters. The lowest BCUT2D eigenvalue weighted by atomic mass is 10.1. The number of esters is 1. The number of rotatable bonds is 6. The van der Waals surface area contributed by atoms with Crippen LogP contribution < -0.4 is 4.74 Å². The Kier molecular flexibility index (Phi) is 5.16. The summed E-state index contributed by atoms with van der Waals surface area (Å²) in [7, 11) is 1.54. The number of nitrogens with zero attached hydrogens (tertiary/aromatic N) is 2. The van der Waals surface area contributed by atoms with E-state index in [4.69, 9.17) is 9.47 Å². The van der Waals surface area contributed by atoms with Crippen molar-refractivity contribution >= 4 is 17.0 Å². The Morgan fingerprint density at radius 3 is 2.69 bits per heavy atom. The van der Waals surface area contributed by atoms with Crippen molar-refractivity contribution in [2.24, 2.45) is 0 Å². The first-order valence-corrected chi connectivity index (χ1v) is 8.07. The molecule has 0 saturated heterocycles. The van der Waals surface area contributed by atoms with Crippen molar-refractivity contribution in [3.05, 3.63) is 59.9 Å². The summed E-state index contributed by atoms with van der Waals surface area (Å²) in [6, 6.07) is 13.6. The van der Waals surface area contributed by atoms with E-state index in [1.807, 2.05) is 0 Å². The summed E-state index contributed by atoms with van der Waals surface area (Å²) in [5.41, 5.74) is 1.44. The topological polar surface area (TPSA) is 53.4 Å². The highest BCUT2D eigenvalue weighted by Gasteiger charge is 2.24. The molecule has 3 aromatic rings. The average molecular weight is 360 g/mol. The molecule has 136 valence electrons. The van der Waals surface area contributed by atoms with Crippen LogP contribution in [0.4, 0.5) is 8.78 Å². The van der Waals surface area contributed by atoms with Gasteiger partial charge in [-0.05, 0) is 36.8 Å². The van der Waals surface area contributed by atoms with Gasteiger partial charge in [-0.1, -0.05) is 24.3 Å². The number of benzene rings is 2. The van der Waals surface area contributed by atoms with Crippen LogP contribution in [-0.4, -0.2) is 22.6 Å². The summed E-state index contributed by atoms with van der Waals surface area (Å²) in [5.74, 6) is 0.113. The van der Waals surface area contributed by atoms with Crippen LogP contribution in [0.3, 0.4) is 0 Å². The fourth-order valence-electron chi connectivity index (χ4n) is 2.80. The van der Waals surface area contributed by atoms with E-state index in [2.05, 4.69) is 4.98 Å². The van der Waals surface area contributed by atoms with E-state index in [9.17, 15) is 13.6 Å². The Balaban J connectivity index is 1.79. The minimum absolute atomic E-state index is 0.0104. The summed E-state index contributed by atoms with van der Waals surface area (Å²) in [6.45, 7) is -1.25. The zero-order valence-corrected chi connectivity index (χ0v) is 14.4. The molecule has 1 aromatic heterocycles. The highest BCUT2D eigenvalue weighted by molar-refractivity contribution is 5.76. The second kappa shape index (κ2) is 7.51. The monoisotopic (exact) mass is 360 g/mol. The Labute approximate surface area is 149 Å². The average Bonchev–Trinajstić information content (AvgIpc) is 3.01. The number of hydrogen-bond acceptors (Lipinski definition) is 4. The fourth-order valence-corrected chi connectivity index (χ4v) is 2.80. The number of ether oxygens (including phenoxy) is 2. The Hall–Kier alpha value is -2.96. The van der Waals surface area contributed by atoms with Crippen LogP contribution in [0, 0.1) is 0 Å². The van der Waals surface area contributed by atoms with Gasteiger partial charge in [0.2, 0.25) is 0 Å². The first-order chi connectivity index (χ1) is 12.5. The number of halogens is 2. The van der Waals surface area contributed by atoms with Gasteiger partial charge >= 0.3 is 12.5 Å². The molecule has 0 aliphatic rings. The van der Waals surface area contributed by atoms with Gasteiger partial charge in [0.05, 0.1) is 24.6 Å². The lowest BCUT2D eigenvalue weighted by Gasteiger charge is -2.15. The van der Waals surface area contributed by atoms with E-state index < -0.39 is 18.6 Å². The molecule has 0 aliphatic heterocycles. The van der Waals surface area contributed by atoms with Gasteiger partial charge in [-0.15, -0.1) is 0 Å². The summed E-state index contributed by atoms with van der Waals surface area (Å²) >= 11 is 0. The first-order valence-electron chi connectivity index (χ1n) is 8.07. The SMILES string of the molecule is COc1cccc(CC(=O)OC(C)c2nc3ccccc3n2C(F)F)c1. The van der Waals surface area contributed by atoms with Crippen LogP contribution >= 0.6 is 0 Å². The molecule has 0 N–H and O–H groups in total. The summed E-state index contributed by atoms with van der Waals surface area (Å²) in [5, 5.41) is 0. The first kappa shape index (κ1) is 17.8. The number of fused-ring (bicyclic) bond motifs is 1. The van der Waals surface area contributed by atoms with Crippen LogP contribution in [0.5, 0.6) is 5.75 Å². The molecule has 5 nitrogen and oxygen atoms in total. The molecule has 0 amide bonds. The number of methoxy groups -OCH3 is 1. The van der Waals surface area contributed by atoms with Crippen LogP contribution in [0.2, 0.25) is 0 Å². The van der Waals surface area contributed by atoms with Crippen LogP contribution in [0.25, 0.3) is 11.0 Å². The van der Waals surface area contributed by atoms with Crippen LogP contribution in [-0.2, 0) is 16.0 Å². The van der Waals surface area contributed by atoms with Gasteiger partial charge in [-0.3, -0.25) is 9.36 Å². The third kappa shape index (κ3) is 3.66. The molecular weight excluding hydrogens is 342 g/mol. The van der Waals surface area contributed by atoms with Crippen LogP contribution in [0.1, 0.15) is 31.0 Å². The lowest BCUT2D eigenvalue weighted by Crippen LogP contribution is -2.16. The smallest absolute Gasteiger partial charge is 0.320 e. The Bertz CT molecular complexity index is 924. The highest BCUT2D eigenvalue weighted by atomic mass is 19.3. The molecule has 2 aromatic carbocycles. The van der Waals surface area contributed by atoms with Gasteiger partial charge in [0.25, 0.3) is 0 Å². The maximum atomic E-state index is 13.5. The predicted octanol–water partition coefficient (Wildman–Crippen LogP) is 4.29. The van der Waals surface area contributed by atoms with Gasteiger partial charge in [0.15, 0.2) is 11.9 Å². The quantitative estimate of drug-likeness (QED) is 0.616. The van der Waals surface area contributed by atoms with E-state index in [0.717, 1.165) is 4.57 Å². The maximum absolute atomic E-state index is 13.5. The van der Waals surface area contributed by atoms with E-state index in [1.54, 1.807) is 48.5 Å². The minimum Gasteiger partial charge on any atom is -0.497 e. The second-order valence-corrected chi connectivity index (χ2v) is 5.77. The molecule has 7 heteroatoms. The van der Waals surface area contributed by atoms with Gasteiger partial charge in [-0.2, -0.15) is 8.78 Å². The molecule has 0 fully saturated rings. The van der Waals surface area contributed by atoms with Crippen molar-refractivity contribution in [3.63, 3.8) is 0 Å². The van der Waals surface area contributed by atoms with Crippen molar-refractivity contribution in [1.82, 2.24) is 9.55 Å². The lowest BCUT2D eigenvalue weighted by molar-refractivity contribution is -0.148. The van der Waals surface area contributed by atoms with Crippen molar-refractivity contribution in [1.29, 1.82) is 0 Å². The number of imidazole rings is 1. The zero-order valence-electron chi connectivity index (χ0n) is 14.4. The number of aromatic nitrogens is 2. The maximum Gasteiger partial charge on any atom is 0.320 e. The molecule has 26 heavy (non-hydrogen) atoms. The van der Waals surface area contributed by atoms with Crippen molar-refractivity contribution in [3.8, 4) is 5.75 Å². The number of para-hydroxylation sites is 2. The summed E-state index contributed by atoms with van der Waals surface area (Å²) in [4.78, 5) is 16.4. The van der Waals surface area contributed by atoms with Crippen molar-refractivity contribution < 1.29 is 23.0 Å². The van der Waals surface area contributed by atoms with E-state index in [0.29, 0.717) is 22.3 Å². The summed E-state index contributed by atoms with van der Waals surface area (Å²) in [6.07, 6.45) is -0.897. The molecule has 0 aliphatic carbocycles. The molecule has 0 radical (unpaired) electrons. The molecule has 0 bridgehead atoms. The second-order valence-electron chi connectivity index (χ2n) is 5.77. The van der Waals surface area contributed by atoms with E-state index >= 15 is 0 Å². The molecule has 0 saturated carbocycles. The molecule has 0 spiro atoms. The fraction of sp³-hybridized carbons (Fsp3) is 0.263. The third-order valence-corrected chi connectivity index (χ3v) is 3.97. The van der Waals surface area contributed by atoms with E-state index in [1.165, 1.54) is 14.0 Å². The highest BCUT2D eigenvalue weighted by Crippen LogP contribution is 2.28. The zero-order chi connectivity index (χ0) is 18.7. The third-order valence-electron chi connectivity index (χ3n) is 3.97. The predicted molar refractivity (Wildman–Crippen MR) is 92.2 cm³/mol. The van der Waals surface area contributed by atoms with Crippen molar-refractivity contribution in [2.75, 3.05) is 7.11 Å². The van der Waals surface area contributed by atoms with Gasteiger partial charge in [0.1, 0.15) is 5.75 Å². The normalized spacial score (nSPS) is 12.3. The molecule has 1 unspecified atom stereocenters. The van der Waals surface area contributed by atoms with E-state index in [-0.39, 0.29) is 12.2 Å². The number of alkyl halides is 2. The number of carbonyl (C=O) groups is 1. The standard InChI is InChI=1S/C19H18F2N2O3/c1-12(26-17(24)11-13-6-5-7-14(10-13)25-2)18-22-15-8-3-4-9-16(15)23(18)19(20)21/h3-10,12,19H,11H2,1-2H3. The molecule has 1 heterocycles. The largest absolute Gasteiger partial charge is 0.497 e. The van der Waals surface area contributed by atoms with Crippen molar-refractivity contribution in [2.45, 2.75) is 26.0 Å². The minimum atomic E-state index is -2.78. The van der Waals surface area contributed by atoms with Gasteiger partial charge < -0.3 is 9.47 Å². The van der Waals surface area contributed by atoms with Gasteiger partial charge in [-0.25, -0.2) is 4.98 Å². The Morgan fingerprint density at radius 1 is 1.19 bits per heavy atom. The summed E-state index contributed by atoms with van der Waals surface area (Å²) < 4.78 is 38.2. The Morgan fingerprint density at radius 2 is 1.96 bits per heavy atom. The van der Waals surface area contributed by atoms with Gasteiger partial charge in [0, 0.05) is 0 Å². The number of hydrogen-bond donors (Lipinski definition) is 0. The van der Waals surface area contributed by atoms with Crippen LogP contribution in [0.15, 0.2) is 48.5 Å².